The van der Waals surface area contributed by atoms with Crippen LogP contribution in [0.2, 0.25) is 0 Å². The van der Waals surface area contributed by atoms with Crippen LogP contribution in [0, 0.1) is 0 Å². The van der Waals surface area contributed by atoms with Crippen LogP contribution in [-0.4, -0.2) is 39.5 Å². The van der Waals surface area contributed by atoms with Gasteiger partial charge in [-0.25, -0.2) is 0 Å². The lowest BCUT2D eigenvalue weighted by Crippen LogP contribution is -2.37. The average Bonchev–Trinajstić information content (AvgIpc) is 3.25. The second-order valence-electron chi connectivity index (χ2n) is 5.37. The van der Waals surface area contributed by atoms with Gasteiger partial charge in [-0.3, -0.25) is 14.6 Å². The van der Waals surface area contributed by atoms with Crippen molar-refractivity contribution in [2.75, 3.05) is 6.54 Å². The zero-order valence-electron chi connectivity index (χ0n) is 12.5. The van der Waals surface area contributed by atoms with Gasteiger partial charge in [-0.2, -0.15) is 4.98 Å². The number of aryl methyl sites for hydroxylation is 1. The van der Waals surface area contributed by atoms with Gasteiger partial charge in [0.25, 0.3) is 0 Å². The zero-order chi connectivity index (χ0) is 16.1. The van der Waals surface area contributed by atoms with Crippen molar-refractivity contribution in [1.29, 1.82) is 0 Å². The van der Waals surface area contributed by atoms with Crippen LogP contribution >= 0.6 is 0 Å². The monoisotopic (exact) mass is 315 g/mol. The van der Waals surface area contributed by atoms with Crippen molar-refractivity contribution in [3.05, 3.63) is 30.4 Å². The van der Waals surface area contributed by atoms with Crippen LogP contribution in [-0.2, 0) is 16.0 Å². The highest BCUT2D eigenvalue weighted by Crippen LogP contribution is 2.18. The highest BCUT2D eigenvalue weighted by molar-refractivity contribution is 5.84. The van der Waals surface area contributed by atoms with Gasteiger partial charge in [-0.15, -0.1) is 0 Å². The number of hydrogen-bond acceptors (Lipinski definition) is 6. The Morgan fingerprint density at radius 2 is 2.17 bits per heavy atom. The number of nitrogens with zero attached hydrogens (tertiary/aromatic N) is 3. The van der Waals surface area contributed by atoms with Crippen LogP contribution in [0.1, 0.15) is 25.2 Å². The lowest BCUT2D eigenvalue weighted by molar-refractivity contribution is -0.126. The molecule has 2 aromatic heterocycles. The minimum absolute atomic E-state index is 0.000101. The Morgan fingerprint density at radius 3 is 2.91 bits per heavy atom. The zero-order valence-corrected chi connectivity index (χ0v) is 12.5. The standard InChI is InChI=1S/C15H17N5O3/c21-12(17-9-13(22)18-11-3-4-11)5-6-14-19-15(20-23-14)10-2-1-7-16-8-10/h1-2,7-8,11H,3-6,9H2,(H,17,21)(H,18,22). The van der Waals surface area contributed by atoms with Gasteiger partial charge in [0.15, 0.2) is 0 Å². The molecule has 1 aliphatic carbocycles. The number of rotatable bonds is 7. The molecule has 2 aromatic rings. The molecular formula is C15H17N5O3. The Hall–Kier alpha value is -2.77. The highest BCUT2D eigenvalue weighted by atomic mass is 16.5. The lowest BCUT2D eigenvalue weighted by Gasteiger charge is -2.04. The summed E-state index contributed by atoms with van der Waals surface area (Å²) in [6.07, 6.45) is 5.86. The number of aromatic nitrogens is 3. The second-order valence-corrected chi connectivity index (χ2v) is 5.37. The third-order valence-corrected chi connectivity index (χ3v) is 3.34. The van der Waals surface area contributed by atoms with Crippen LogP contribution in [0.15, 0.2) is 29.0 Å². The van der Waals surface area contributed by atoms with Crippen molar-refractivity contribution in [2.45, 2.75) is 31.7 Å². The molecule has 1 saturated carbocycles. The Morgan fingerprint density at radius 1 is 1.30 bits per heavy atom. The molecular weight excluding hydrogens is 298 g/mol. The van der Waals surface area contributed by atoms with Crippen molar-refractivity contribution in [2.24, 2.45) is 0 Å². The smallest absolute Gasteiger partial charge is 0.239 e. The predicted octanol–water partition coefficient (Wildman–Crippen LogP) is 0.459. The van der Waals surface area contributed by atoms with Crippen LogP contribution < -0.4 is 10.6 Å². The molecule has 2 N–H and O–H groups in total. The molecule has 0 spiro atoms. The summed E-state index contributed by atoms with van der Waals surface area (Å²) in [6.45, 7) is 0.000101. The fourth-order valence-corrected chi connectivity index (χ4v) is 1.96. The average molecular weight is 315 g/mol. The summed E-state index contributed by atoms with van der Waals surface area (Å²) in [5.41, 5.74) is 0.753. The minimum atomic E-state index is -0.225. The van der Waals surface area contributed by atoms with Crippen molar-refractivity contribution in [3.63, 3.8) is 0 Å². The SMILES string of the molecule is O=C(CCc1nc(-c2cccnc2)no1)NCC(=O)NC1CC1. The maximum atomic E-state index is 11.7. The molecule has 0 radical (unpaired) electrons. The first-order valence-corrected chi connectivity index (χ1v) is 7.50. The van der Waals surface area contributed by atoms with E-state index in [0.717, 1.165) is 18.4 Å². The van der Waals surface area contributed by atoms with E-state index in [1.807, 2.05) is 6.07 Å². The van der Waals surface area contributed by atoms with E-state index in [0.29, 0.717) is 24.2 Å². The quantitative estimate of drug-likeness (QED) is 0.768. The van der Waals surface area contributed by atoms with E-state index in [2.05, 4.69) is 25.8 Å². The maximum Gasteiger partial charge on any atom is 0.239 e. The first-order chi connectivity index (χ1) is 11.2. The van der Waals surface area contributed by atoms with E-state index in [4.69, 9.17) is 4.52 Å². The van der Waals surface area contributed by atoms with E-state index < -0.39 is 0 Å². The van der Waals surface area contributed by atoms with Crippen LogP contribution in [0.4, 0.5) is 0 Å². The van der Waals surface area contributed by atoms with Crippen molar-refractivity contribution in [1.82, 2.24) is 25.8 Å². The number of hydrogen-bond donors (Lipinski definition) is 2. The fraction of sp³-hybridized carbons (Fsp3) is 0.400. The maximum absolute atomic E-state index is 11.7. The summed E-state index contributed by atoms with van der Waals surface area (Å²) in [7, 11) is 0. The van der Waals surface area contributed by atoms with Crippen molar-refractivity contribution < 1.29 is 14.1 Å². The molecule has 23 heavy (non-hydrogen) atoms. The van der Waals surface area contributed by atoms with Gasteiger partial charge in [0.05, 0.1) is 6.54 Å². The largest absolute Gasteiger partial charge is 0.352 e. The van der Waals surface area contributed by atoms with Crippen LogP contribution in [0.3, 0.4) is 0 Å². The van der Waals surface area contributed by atoms with Gasteiger partial charge in [-0.05, 0) is 25.0 Å². The molecule has 8 nitrogen and oxygen atoms in total. The molecule has 1 fully saturated rings. The molecule has 0 aromatic carbocycles. The minimum Gasteiger partial charge on any atom is -0.352 e. The Kier molecular flexibility index (Phi) is 4.60. The molecule has 0 bridgehead atoms. The number of nitrogens with one attached hydrogen (secondary N) is 2. The Labute approximate surface area is 132 Å². The van der Waals surface area contributed by atoms with Gasteiger partial charge >= 0.3 is 0 Å². The van der Waals surface area contributed by atoms with Crippen LogP contribution in [0.5, 0.6) is 0 Å². The summed E-state index contributed by atoms with van der Waals surface area (Å²) in [4.78, 5) is 31.4. The first kappa shape index (κ1) is 15.1. The highest BCUT2D eigenvalue weighted by Gasteiger charge is 2.23. The van der Waals surface area contributed by atoms with Gasteiger partial charge < -0.3 is 15.2 Å². The summed E-state index contributed by atoms with van der Waals surface area (Å²) in [6, 6.07) is 3.90. The lowest BCUT2D eigenvalue weighted by atomic mass is 10.2. The van der Waals surface area contributed by atoms with E-state index >= 15 is 0 Å². The van der Waals surface area contributed by atoms with E-state index in [9.17, 15) is 9.59 Å². The summed E-state index contributed by atoms with van der Waals surface area (Å²) >= 11 is 0. The summed E-state index contributed by atoms with van der Waals surface area (Å²) < 4.78 is 5.11. The number of carbonyl (C=O) groups is 2. The number of amides is 2. The van der Waals surface area contributed by atoms with E-state index in [1.54, 1.807) is 18.5 Å². The molecule has 0 atom stereocenters. The molecule has 1 aliphatic rings. The molecule has 0 unspecified atom stereocenters. The van der Waals surface area contributed by atoms with E-state index in [1.165, 1.54) is 0 Å². The molecule has 2 heterocycles. The topological polar surface area (TPSA) is 110 Å². The fourth-order valence-electron chi connectivity index (χ4n) is 1.96. The van der Waals surface area contributed by atoms with Gasteiger partial charge in [-0.1, -0.05) is 5.16 Å². The molecule has 8 heteroatoms. The van der Waals surface area contributed by atoms with Crippen molar-refractivity contribution in [3.8, 4) is 11.4 Å². The first-order valence-electron chi connectivity index (χ1n) is 7.50. The van der Waals surface area contributed by atoms with E-state index in [-0.39, 0.29) is 24.8 Å². The summed E-state index contributed by atoms with van der Waals surface area (Å²) in [5.74, 6) is 0.438. The predicted molar refractivity (Wildman–Crippen MR) is 80.0 cm³/mol. The van der Waals surface area contributed by atoms with Crippen molar-refractivity contribution >= 4 is 11.8 Å². The number of carbonyl (C=O) groups excluding carboxylic acids is 2. The normalized spacial score (nSPS) is 13.6. The molecule has 0 saturated heterocycles. The third kappa shape index (κ3) is 4.60. The second kappa shape index (κ2) is 6.99. The van der Waals surface area contributed by atoms with Gasteiger partial charge in [0, 0.05) is 36.8 Å². The Bertz CT molecular complexity index is 681. The molecule has 120 valence electrons. The number of pyridine rings is 1. The molecule has 2 amide bonds. The van der Waals surface area contributed by atoms with Crippen LogP contribution in [0.25, 0.3) is 11.4 Å². The Balaban J connectivity index is 1.42. The third-order valence-electron chi connectivity index (χ3n) is 3.34. The van der Waals surface area contributed by atoms with Gasteiger partial charge in [0.2, 0.25) is 23.5 Å². The molecule has 3 rings (SSSR count). The molecule has 0 aliphatic heterocycles. The summed E-state index contributed by atoms with van der Waals surface area (Å²) in [5, 5.41) is 9.23. The van der Waals surface area contributed by atoms with Gasteiger partial charge in [0.1, 0.15) is 0 Å².